The van der Waals surface area contributed by atoms with Gasteiger partial charge in [-0.1, -0.05) is 32.9 Å². The highest BCUT2D eigenvalue weighted by Crippen LogP contribution is 2.22. The zero-order valence-corrected chi connectivity index (χ0v) is 18.8. The normalized spacial score (nSPS) is 11.7. The van der Waals surface area contributed by atoms with E-state index in [4.69, 9.17) is 9.15 Å². The highest BCUT2D eigenvalue weighted by molar-refractivity contribution is 14.0. The zero-order chi connectivity index (χ0) is 19.2. The topological polar surface area (TPSA) is 62.9 Å². The van der Waals surface area contributed by atoms with E-state index in [9.17, 15) is 4.39 Å². The van der Waals surface area contributed by atoms with Gasteiger partial charge in [0, 0.05) is 19.5 Å². The first-order valence-electron chi connectivity index (χ1n) is 8.55. The maximum Gasteiger partial charge on any atom is 0.213 e. The molecule has 150 valence electrons. The first-order valence-corrected chi connectivity index (χ1v) is 8.55. The van der Waals surface area contributed by atoms with Gasteiger partial charge in [0.2, 0.25) is 5.89 Å². The average Bonchev–Trinajstić information content (AvgIpc) is 3.06. The van der Waals surface area contributed by atoms with E-state index in [1.165, 1.54) is 6.07 Å². The van der Waals surface area contributed by atoms with Crippen LogP contribution in [-0.4, -0.2) is 43.1 Å². The number of hydrogen-bond acceptors (Lipinski definition) is 4. The van der Waals surface area contributed by atoms with Gasteiger partial charge in [-0.05, 0) is 12.1 Å². The summed E-state index contributed by atoms with van der Waals surface area (Å²) in [4.78, 5) is 10.4. The molecule has 6 nitrogen and oxygen atoms in total. The van der Waals surface area contributed by atoms with Crippen LogP contribution in [0.2, 0.25) is 0 Å². The summed E-state index contributed by atoms with van der Waals surface area (Å²) >= 11 is 0. The first kappa shape index (κ1) is 23.2. The van der Waals surface area contributed by atoms with Gasteiger partial charge in [0.15, 0.2) is 17.5 Å². The van der Waals surface area contributed by atoms with E-state index >= 15 is 0 Å². The molecule has 0 aliphatic rings. The second-order valence-electron chi connectivity index (χ2n) is 6.97. The number of nitrogens with one attached hydrogen (secondary N) is 1. The van der Waals surface area contributed by atoms with Crippen LogP contribution >= 0.6 is 24.0 Å². The molecular formula is C19H28FIN4O2. The number of ether oxygens (including phenoxy) is 1. The van der Waals surface area contributed by atoms with Crippen LogP contribution in [0.25, 0.3) is 0 Å². The number of benzene rings is 1. The van der Waals surface area contributed by atoms with Crippen molar-refractivity contribution in [2.75, 3.05) is 27.2 Å². The molecule has 27 heavy (non-hydrogen) atoms. The third kappa shape index (κ3) is 7.00. The molecule has 1 heterocycles. The van der Waals surface area contributed by atoms with Gasteiger partial charge >= 0.3 is 0 Å². The van der Waals surface area contributed by atoms with E-state index in [2.05, 4.69) is 36.1 Å². The van der Waals surface area contributed by atoms with Crippen LogP contribution < -0.4 is 10.1 Å². The molecule has 0 bridgehead atoms. The Morgan fingerprint density at radius 3 is 2.63 bits per heavy atom. The molecule has 0 aliphatic heterocycles. The second-order valence-corrected chi connectivity index (χ2v) is 6.97. The maximum absolute atomic E-state index is 13.5. The number of nitrogens with zero attached hydrogens (tertiary/aromatic N) is 3. The second kappa shape index (κ2) is 10.5. The molecule has 2 aromatic rings. The summed E-state index contributed by atoms with van der Waals surface area (Å²) in [7, 11) is 3.59. The largest absolute Gasteiger partial charge is 0.489 e. The van der Waals surface area contributed by atoms with Gasteiger partial charge in [-0.3, -0.25) is 4.99 Å². The molecule has 0 unspecified atom stereocenters. The van der Waals surface area contributed by atoms with Crippen LogP contribution in [0.15, 0.2) is 39.9 Å². The summed E-state index contributed by atoms with van der Waals surface area (Å²) in [5, 5.41) is 3.20. The van der Waals surface area contributed by atoms with Crippen LogP contribution in [0.5, 0.6) is 5.75 Å². The summed E-state index contributed by atoms with van der Waals surface area (Å²) < 4.78 is 24.8. The van der Waals surface area contributed by atoms with Gasteiger partial charge in [-0.15, -0.1) is 24.0 Å². The molecule has 1 N–H and O–H groups in total. The van der Waals surface area contributed by atoms with Crippen LogP contribution in [0.4, 0.5) is 4.39 Å². The molecule has 0 fully saturated rings. The molecule has 1 aromatic heterocycles. The van der Waals surface area contributed by atoms with E-state index < -0.39 is 0 Å². The number of hydrogen-bond donors (Lipinski definition) is 1. The zero-order valence-electron chi connectivity index (χ0n) is 16.5. The summed E-state index contributed by atoms with van der Waals surface area (Å²) in [6.07, 6.45) is 1.76. The van der Waals surface area contributed by atoms with Crippen LogP contribution in [-0.2, 0) is 12.0 Å². The Morgan fingerprint density at radius 1 is 1.33 bits per heavy atom. The third-order valence-corrected chi connectivity index (χ3v) is 3.78. The summed E-state index contributed by atoms with van der Waals surface area (Å²) in [6, 6.07) is 6.36. The monoisotopic (exact) mass is 490 g/mol. The molecule has 1 aromatic carbocycles. The van der Waals surface area contributed by atoms with Crippen molar-refractivity contribution in [3.05, 3.63) is 47.9 Å². The SMILES string of the molecule is CN=C(NCc1ncc(C(C)(C)C)o1)N(C)CCOc1ccccc1F.I. The molecule has 0 aliphatic carbocycles. The smallest absolute Gasteiger partial charge is 0.213 e. The number of aliphatic imine (C=N–C) groups is 1. The molecule has 0 saturated carbocycles. The van der Waals surface area contributed by atoms with Crippen LogP contribution in [0.1, 0.15) is 32.4 Å². The Balaban J connectivity index is 0.00000364. The molecular weight excluding hydrogens is 462 g/mol. The average molecular weight is 490 g/mol. The Morgan fingerprint density at radius 2 is 2.04 bits per heavy atom. The van der Waals surface area contributed by atoms with E-state index in [0.29, 0.717) is 31.5 Å². The van der Waals surface area contributed by atoms with E-state index in [-0.39, 0.29) is 41.0 Å². The fourth-order valence-electron chi connectivity index (χ4n) is 2.24. The highest BCUT2D eigenvalue weighted by Gasteiger charge is 2.19. The quantitative estimate of drug-likeness (QED) is 0.379. The minimum Gasteiger partial charge on any atom is -0.489 e. The lowest BCUT2D eigenvalue weighted by Crippen LogP contribution is -2.40. The Hall–Kier alpha value is -1.84. The maximum atomic E-state index is 13.5. The lowest BCUT2D eigenvalue weighted by atomic mass is 9.94. The fourth-order valence-corrected chi connectivity index (χ4v) is 2.24. The van der Waals surface area contributed by atoms with Crippen molar-refractivity contribution >= 4 is 29.9 Å². The number of likely N-dealkylation sites (N-methyl/N-ethyl adjacent to an activating group) is 1. The van der Waals surface area contributed by atoms with Gasteiger partial charge in [-0.25, -0.2) is 9.37 Å². The van der Waals surface area contributed by atoms with Gasteiger partial charge in [0.25, 0.3) is 0 Å². The highest BCUT2D eigenvalue weighted by atomic mass is 127. The molecule has 0 spiro atoms. The van der Waals surface area contributed by atoms with Crippen molar-refractivity contribution in [2.45, 2.75) is 32.7 Å². The number of halogens is 2. The van der Waals surface area contributed by atoms with E-state index in [0.717, 1.165) is 5.76 Å². The van der Waals surface area contributed by atoms with Crippen molar-refractivity contribution in [1.29, 1.82) is 0 Å². The lowest BCUT2D eigenvalue weighted by molar-refractivity contribution is 0.269. The Kier molecular flexibility index (Phi) is 9.01. The van der Waals surface area contributed by atoms with Crippen LogP contribution in [0, 0.1) is 5.82 Å². The van der Waals surface area contributed by atoms with Crippen molar-refractivity contribution in [1.82, 2.24) is 15.2 Å². The van der Waals surface area contributed by atoms with Gasteiger partial charge < -0.3 is 19.4 Å². The number of oxazole rings is 1. The Labute approximate surface area is 177 Å². The number of aromatic nitrogens is 1. The summed E-state index contributed by atoms with van der Waals surface area (Å²) in [5.41, 5.74) is -0.0756. The van der Waals surface area contributed by atoms with Crippen molar-refractivity contribution in [3.63, 3.8) is 0 Å². The van der Waals surface area contributed by atoms with Crippen molar-refractivity contribution < 1.29 is 13.5 Å². The number of guanidine groups is 1. The molecule has 0 saturated heterocycles. The summed E-state index contributed by atoms with van der Waals surface area (Å²) in [6.45, 7) is 7.55. The molecule has 8 heteroatoms. The van der Waals surface area contributed by atoms with Gasteiger partial charge in [0.05, 0.1) is 19.3 Å². The molecule has 0 amide bonds. The minimum atomic E-state index is -0.365. The standard InChI is InChI=1S/C19H27FN4O2.HI/c1-19(2,3)16-12-22-17(26-16)13-23-18(21-4)24(5)10-11-25-15-9-7-6-8-14(15)20;/h6-9,12H,10-11,13H2,1-5H3,(H,21,23);1H. The van der Waals surface area contributed by atoms with Gasteiger partial charge in [0.1, 0.15) is 12.4 Å². The van der Waals surface area contributed by atoms with E-state index in [1.54, 1.807) is 31.4 Å². The third-order valence-electron chi connectivity index (χ3n) is 3.78. The van der Waals surface area contributed by atoms with Gasteiger partial charge in [-0.2, -0.15) is 0 Å². The Bertz CT molecular complexity index is 743. The minimum absolute atomic E-state index is 0. The summed E-state index contributed by atoms with van der Waals surface area (Å²) in [5.74, 6) is 2.01. The van der Waals surface area contributed by atoms with Crippen molar-refractivity contribution in [3.8, 4) is 5.75 Å². The van der Waals surface area contributed by atoms with Crippen molar-refractivity contribution in [2.24, 2.45) is 4.99 Å². The molecule has 2 rings (SSSR count). The number of rotatable bonds is 6. The predicted octanol–water partition coefficient (Wildman–Crippen LogP) is 3.82. The fraction of sp³-hybridized carbons (Fsp3) is 0.474. The molecule has 0 radical (unpaired) electrons. The predicted molar refractivity (Wildman–Crippen MR) is 115 cm³/mol. The van der Waals surface area contributed by atoms with E-state index in [1.807, 2.05) is 11.9 Å². The molecule has 0 atom stereocenters. The number of para-hydroxylation sites is 1. The first-order chi connectivity index (χ1) is 12.3. The van der Waals surface area contributed by atoms with Crippen LogP contribution in [0.3, 0.4) is 0 Å². The lowest BCUT2D eigenvalue weighted by Gasteiger charge is -2.21.